The lowest BCUT2D eigenvalue weighted by Gasteiger charge is -2.16. The van der Waals surface area contributed by atoms with Crippen molar-refractivity contribution in [3.8, 4) is 5.75 Å². The molecule has 0 radical (unpaired) electrons. The van der Waals surface area contributed by atoms with Crippen molar-refractivity contribution in [2.24, 2.45) is 0 Å². The maximum atomic E-state index is 11.7. The number of halogens is 4. The van der Waals surface area contributed by atoms with Crippen molar-refractivity contribution in [1.29, 1.82) is 0 Å². The maximum absolute atomic E-state index is 11.7. The van der Waals surface area contributed by atoms with E-state index in [1.165, 1.54) is 25.7 Å². The molecule has 2 aromatic carbocycles. The minimum atomic E-state index is -1.32. The first-order chi connectivity index (χ1) is 14.8. The van der Waals surface area contributed by atoms with Crippen molar-refractivity contribution in [3.63, 3.8) is 0 Å². The van der Waals surface area contributed by atoms with E-state index in [1.807, 2.05) is 12.1 Å². The number of anilines is 1. The number of rotatable bonds is 11. The normalized spacial score (nSPS) is 10.7. The molecule has 2 rings (SSSR count). The van der Waals surface area contributed by atoms with Crippen LogP contribution in [0.1, 0.15) is 61.4 Å². The molecule has 0 aliphatic carbocycles. The van der Waals surface area contributed by atoms with E-state index in [0.717, 1.165) is 18.6 Å². The number of carboxylic acids is 1. The largest absolute Gasteiger partial charge is 0.494 e. The zero-order chi connectivity index (χ0) is 23.0. The highest BCUT2D eigenvalue weighted by atomic mass is 35.5. The van der Waals surface area contributed by atoms with E-state index < -0.39 is 5.97 Å². The summed E-state index contributed by atoms with van der Waals surface area (Å²) >= 11 is 29.7. The van der Waals surface area contributed by atoms with Gasteiger partial charge in [0.1, 0.15) is 10.7 Å². The number of hydrogen-bond donors (Lipinski definition) is 2. The Hall–Kier alpha value is -1.24. The van der Waals surface area contributed by atoms with Gasteiger partial charge in [-0.3, -0.25) is 0 Å². The number of aromatic carboxylic acids is 1. The fourth-order valence-electron chi connectivity index (χ4n) is 2.95. The molecule has 0 saturated heterocycles. The number of hydrogen-bond acceptors (Lipinski definition) is 3. The van der Waals surface area contributed by atoms with Crippen LogP contribution < -0.4 is 10.1 Å². The average Bonchev–Trinajstić information content (AvgIpc) is 2.74. The van der Waals surface area contributed by atoms with E-state index in [-0.39, 0.29) is 36.2 Å². The van der Waals surface area contributed by atoms with E-state index in [1.54, 1.807) is 12.1 Å². The second-order valence-electron chi connectivity index (χ2n) is 6.91. The van der Waals surface area contributed by atoms with Crippen molar-refractivity contribution in [3.05, 3.63) is 55.5 Å². The SMILES string of the molecule is CCCCCCCCOc1ccc(NC(=S)c2c(Cl)c(Cl)c(Cl)c(Cl)c2C(=O)O)cc1. The molecule has 0 aromatic heterocycles. The Morgan fingerprint density at radius 3 is 2.03 bits per heavy atom. The molecule has 0 atom stereocenters. The first kappa shape index (κ1) is 26.0. The molecule has 31 heavy (non-hydrogen) atoms. The highest BCUT2D eigenvalue weighted by Crippen LogP contribution is 2.42. The summed E-state index contributed by atoms with van der Waals surface area (Å²) in [6.45, 7) is 2.87. The van der Waals surface area contributed by atoms with E-state index in [0.29, 0.717) is 12.3 Å². The number of carbonyl (C=O) groups is 1. The van der Waals surface area contributed by atoms with Gasteiger partial charge in [0.25, 0.3) is 0 Å². The average molecular weight is 523 g/mol. The maximum Gasteiger partial charge on any atom is 0.338 e. The van der Waals surface area contributed by atoms with E-state index in [4.69, 9.17) is 63.4 Å². The molecule has 2 N–H and O–H groups in total. The Labute approximate surface area is 207 Å². The van der Waals surface area contributed by atoms with Gasteiger partial charge < -0.3 is 15.2 Å². The molecule has 0 heterocycles. The Morgan fingerprint density at radius 1 is 0.903 bits per heavy atom. The number of thiocarbonyl (C=S) groups is 1. The zero-order valence-corrected chi connectivity index (χ0v) is 20.8. The summed E-state index contributed by atoms with van der Waals surface area (Å²) < 4.78 is 5.76. The van der Waals surface area contributed by atoms with Crippen molar-refractivity contribution in [2.45, 2.75) is 45.4 Å². The summed E-state index contributed by atoms with van der Waals surface area (Å²) in [5.41, 5.74) is 0.330. The van der Waals surface area contributed by atoms with Crippen LogP contribution in [0.25, 0.3) is 0 Å². The van der Waals surface area contributed by atoms with Gasteiger partial charge in [0, 0.05) is 11.3 Å². The third-order valence-electron chi connectivity index (χ3n) is 4.59. The lowest BCUT2D eigenvalue weighted by atomic mass is 10.1. The van der Waals surface area contributed by atoms with Crippen LogP contribution in [0.3, 0.4) is 0 Å². The summed E-state index contributed by atoms with van der Waals surface area (Å²) in [6, 6.07) is 7.17. The summed E-state index contributed by atoms with van der Waals surface area (Å²) in [7, 11) is 0. The van der Waals surface area contributed by atoms with Crippen LogP contribution in [0, 0.1) is 0 Å². The van der Waals surface area contributed by atoms with E-state index >= 15 is 0 Å². The second-order valence-corrected chi connectivity index (χ2v) is 8.83. The quantitative estimate of drug-likeness (QED) is 0.134. The van der Waals surface area contributed by atoms with Gasteiger partial charge in [0.15, 0.2) is 0 Å². The number of carboxylic acid groups (broad SMARTS) is 1. The van der Waals surface area contributed by atoms with E-state index in [9.17, 15) is 9.90 Å². The molecule has 168 valence electrons. The zero-order valence-electron chi connectivity index (χ0n) is 16.9. The molecule has 4 nitrogen and oxygen atoms in total. The van der Waals surface area contributed by atoms with Crippen molar-refractivity contribution in [2.75, 3.05) is 11.9 Å². The third kappa shape index (κ3) is 7.13. The molecular weight excluding hydrogens is 500 g/mol. The summed E-state index contributed by atoms with van der Waals surface area (Å²) in [4.78, 5) is 11.8. The van der Waals surface area contributed by atoms with Crippen LogP contribution in [-0.4, -0.2) is 22.7 Å². The fraction of sp³-hybridized carbons (Fsp3) is 0.364. The van der Waals surface area contributed by atoms with Gasteiger partial charge in [-0.1, -0.05) is 97.6 Å². The number of benzene rings is 2. The number of ether oxygens (including phenoxy) is 1. The predicted molar refractivity (Wildman–Crippen MR) is 134 cm³/mol. The highest BCUT2D eigenvalue weighted by molar-refractivity contribution is 7.81. The molecule has 2 aromatic rings. The Kier molecular flexibility index (Phi) is 10.7. The topological polar surface area (TPSA) is 58.6 Å². The van der Waals surface area contributed by atoms with Gasteiger partial charge >= 0.3 is 5.97 Å². The van der Waals surface area contributed by atoms with Crippen LogP contribution in [0.15, 0.2) is 24.3 Å². The van der Waals surface area contributed by atoms with Gasteiger partial charge in [-0.05, 0) is 30.7 Å². The van der Waals surface area contributed by atoms with Crippen LogP contribution in [0.4, 0.5) is 5.69 Å². The summed E-state index contributed by atoms with van der Waals surface area (Å²) in [6.07, 6.45) is 7.20. The number of unbranched alkanes of at least 4 members (excludes halogenated alkanes) is 5. The van der Waals surface area contributed by atoms with Gasteiger partial charge in [0.2, 0.25) is 0 Å². The van der Waals surface area contributed by atoms with Crippen LogP contribution in [0.2, 0.25) is 20.1 Å². The van der Waals surface area contributed by atoms with Gasteiger partial charge in [-0.15, -0.1) is 0 Å². The Balaban J connectivity index is 2.03. The third-order valence-corrected chi connectivity index (χ3v) is 6.70. The van der Waals surface area contributed by atoms with Gasteiger partial charge in [0.05, 0.1) is 32.3 Å². The molecular formula is C22H23Cl4NO3S. The van der Waals surface area contributed by atoms with E-state index in [2.05, 4.69) is 12.2 Å². The minimum absolute atomic E-state index is 0.00645. The molecule has 0 unspecified atom stereocenters. The van der Waals surface area contributed by atoms with Crippen LogP contribution in [-0.2, 0) is 0 Å². The first-order valence-electron chi connectivity index (χ1n) is 9.91. The van der Waals surface area contributed by atoms with Gasteiger partial charge in [-0.25, -0.2) is 4.79 Å². The van der Waals surface area contributed by atoms with Crippen molar-refractivity contribution < 1.29 is 14.6 Å². The molecule has 0 aliphatic rings. The summed E-state index contributed by atoms with van der Waals surface area (Å²) in [5, 5.41) is 12.0. The lowest BCUT2D eigenvalue weighted by molar-refractivity contribution is 0.0697. The highest BCUT2D eigenvalue weighted by Gasteiger charge is 2.27. The standard InChI is InChI=1S/C22H23Cl4NO3S/c1-2-3-4-5-6-7-12-30-14-10-8-13(9-11-14)27-21(31)15-16(22(28)29)18(24)20(26)19(25)17(15)23/h8-11H,2-7,12H2,1H3,(H,27,31)(H,28,29). The fourth-order valence-corrected chi connectivity index (χ4v) is 4.35. The Morgan fingerprint density at radius 2 is 1.45 bits per heavy atom. The lowest BCUT2D eigenvalue weighted by Crippen LogP contribution is -2.17. The smallest absolute Gasteiger partial charge is 0.338 e. The summed E-state index contributed by atoms with van der Waals surface area (Å²) in [5.74, 6) is -0.574. The van der Waals surface area contributed by atoms with Crippen LogP contribution in [0.5, 0.6) is 5.75 Å². The number of nitrogens with one attached hydrogen (secondary N) is 1. The van der Waals surface area contributed by atoms with Crippen molar-refractivity contribution >= 4 is 75.3 Å². The molecule has 0 amide bonds. The molecule has 0 fully saturated rings. The van der Waals surface area contributed by atoms with Crippen LogP contribution >= 0.6 is 58.6 Å². The molecule has 0 spiro atoms. The molecule has 0 saturated carbocycles. The molecule has 0 bridgehead atoms. The van der Waals surface area contributed by atoms with Crippen molar-refractivity contribution in [1.82, 2.24) is 0 Å². The minimum Gasteiger partial charge on any atom is -0.494 e. The van der Waals surface area contributed by atoms with Gasteiger partial charge in [-0.2, -0.15) is 0 Å². The predicted octanol–water partition coefficient (Wildman–Crippen LogP) is 8.53. The molecule has 9 heteroatoms. The monoisotopic (exact) mass is 521 g/mol. The molecule has 0 aliphatic heterocycles. The second kappa shape index (κ2) is 12.7. The first-order valence-corrected chi connectivity index (χ1v) is 11.8. The Bertz CT molecular complexity index is 936.